The molecule has 0 saturated carbocycles. The number of aromatic nitrogens is 2. The van der Waals surface area contributed by atoms with Gasteiger partial charge in [-0.1, -0.05) is 24.3 Å². The van der Waals surface area contributed by atoms with Gasteiger partial charge in [-0.3, -0.25) is 14.6 Å². The van der Waals surface area contributed by atoms with Gasteiger partial charge in [-0.25, -0.2) is 4.98 Å². The largest absolute Gasteiger partial charge is 0.342 e. The average Bonchev–Trinajstić information content (AvgIpc) is 3.24. The van der Waals surface area contributed by atoms with Crippen molar-refractivity contribution in [2.24, 2.45) is 5.92 Å². The molecule has 1 aromatic carbocycles. The molecule has 2 amide bonds. The molecule has 0 spiro atoms. The highest BCUT2D eigenvalue weighted by atomic mass is 16.2. The van der Waals surface area contributed by atoms with E-state index in [0.717, 1.165) is 57.4 Å². The molecule has 1 atom stereocenters. The second-order valence-electron chi connectivity index (χ2n) is 8.14. The molecule has 0 radical (unpaired) electrons. The summed E-state index contributed by atoms with van der Waals surface area (Å²) in [5.41, 5.74) is 2.75. The van der Waals surface area contributed by atoms with Crippen molar-refractivity contribution in [1.29, 1.82) is 0 Å². The highest BCUT2D eigenvalue weighted by Gasteiger charge is 2.27. The lowest BCUT2D eigenvalue weighted by molar-refractivity contribution is -0.131. The number of nitrogens with zero attached hydrogens (tertiary/aromatic N) is 4. The van der Waals surface area contributed by atoms with Crippen molar-refractivity contribution in [2.45, 2.75) is 38.5 Å². The van der Waals surface area contributed by atoms with Gasteiger partial charge in [0, 0.05) is 38.6 Å². The lowest BCUT2D eigenvalue weighted by atomic mass is 9.97. The van der Waals surface area contributed by atoms with E-state index in [1.807, 2.05) is 9.80 Å². The number of benzene rings is 1. The van der Waals surface area contributed by atoms with Crippen LogP contribution in [0.15, 0.2) is 42.9 Å². The molecule has 152 valence electrons. The number of piperidine rings is 1. The summed E-state index contributed by atoms with van der Waals surface area (Å²) in [6, 6.07) is 8.42. The minimum Gasteiger partial charge on any atom is -0.342 e. The summed E-state index contributed by atoms with van der Waals surface area (Å²) in [6.07, 6.45) is 10.6. The molecule has 0 N–H and O–H groups in total. The highest BCUT2D eigenvalue weighted by molar-refractivity contribution is 5.92. The van der Waals surface area contributed by atoms with Crippen molar-refractivity contribution >= 4 is 11.8 Å². The van der Waals surface area contributed by atoms with Gasteiger partial charge in [-0.15, -0.1) is 0 Å². The van der Waals surface area contributed by atoms with Gasteiger partial charge < -0.3 is 9.80 Å². The van der Waals surface area contributed by atoms with E-state index in [-0.39, 0.29) is 11.8 Å². The minimum atomic E-state index is -0.0350. The fourth-order valence-electron chi connectivity index (χ4n) is 4.31. The lowest BCUT2D eigenvalue weighted by Gasteiger charge is -2.26. The van der Waals surface area contributed by atoms with Crippen LogP contribution in [-0.2, 0) is 17.6 Å². The molecule has 4 rings (SSSR count). The van der Waals surface area contributed by atoms with Crippen LogP contribution in [0.2, 0.25) is 0 Å². The SMILES string of the molecule is O=C(Cc1ccc(CC2CCN(C(=O)c3cnccn3)C2)cc1)N1CCCCC1. The number of carbonyl (C=O) groups excluding carboxylic acids is 2. The zero-order valence-electron chi connectivity index (χ0n) is 16.8. The number of amides is 2. The smallest absolute Gasteiger partial charge is 0.274 e. The van der Waals surface area contributed by atoms with Gasteiger partial charge in [0.25, 0.3) is 5.91 Å². The summed E-state index contributed by atoms with van der Waals surface area (Å²) in [4.78, 5) is 36.9. The van der Waals surface area contributed by atoms with Crippen LogP contribution in [0.25, 0.3) is 0 Å². The lowest BCUT2D eigenvalue weighted by Crippen LogP contribution is -2.36. The predicted molar refractivity (Wildman–Crippen MR) is 110 cm³/mol. The summed E-state index contributed by atoms with van der Waals surface area (Å²) < 4.78 is 0. The zero-order valence-corrected chi connectivity index (χ0v) is 16.8. The Morgan fingerprint density at radius 3 is 2.41 bits per heavy atom. The maximum Gasteiger partial charge on any atom is 0.274 e. The van der Waals surface area contributed by atoms with E-state index in [0.29, 0.717) is 18.0 Å². The summed E-state index contributed by atoms with van der Waals surface area (Å²) >= 11 is 0. The first-order valence-corrected chi connectivity index (χ1v) is 10.6. The Morgan fingerprint density at radius 1 is 0.931 bits per heavy atom. The van der Waals surface area contributed by atoms with Crippen molar-refractivity contribution in [2.75, 3.05) is 26.2 Å². The van der Waals surface area contributed by atoms with Crippen LogP contribution in [0, 0.1) is 5.92 Å². The van der Waals surface area contributed by atoms with E-state index in [1.54, 1.807) is 12.4 Å². The normalized spacial score (nSPS) is 19.4. The molecule has 2 saturated heterocycles. The van der Waals surface area contributed by atoms with Gasteiger partial charge >= 0.3 is 0 Å². The van der Waals surface area contributed by atoms with E-state index >= 15 is 0 Å². The Hall–Kier alpha value is -2.76. The van der Waals surface area contributed by atoms with Crippen molar-refractivity contribution in [3.8, 4) is 0 Å². The van der Waals surface area contributed by atoms with Crippen LogP contribution in [0.3, 0.4) is 0 Å². The predicted octanol–water partition coefficient (Wildman–Crippen LogP) is 2.74. The standard InChI is InChI=1S/C23H28N4O2/c28-22(26-11-2-1-3-12-26)15-19-6-4-18(5-7-19)14-20-8-13-27(17-20)23(29)21-16-24-9-10-25-21/h4-7,9-10,16,20H,1-3,8,11-15,17H2. The van der Waals surface area contributed by atoms with E-state index in [4.69, 9.17) is 0 Å². The number of hydrogen-bond acceptors (Lipinski definition) is 4. The first-order chi connectivity index (χ1) is 14.2. The molecule has 2 fully saturated rings. The molecule has 2 aliphatic rings. The number of hydrogen-bond donors (Lipinski definition) is 0. The van der Waals surface area contributed by atoms with Crippen LogP contribution in [-0.4, -0.2) is 57.8 Å². The van der Waals surface area contributed by atoms with E-state index in [1.165, 1.54) is 18.2 Å². The monoisotopic (exact) mass is 392 g/mol. The van der Waals surface area contributed by atoms with Crippen molar-refractivity contribution in [3.63, 3.8) is 0 Å². The first-order valence-electron chi connectivity index (χ1n) is 10.6. The molecular formula is C23H28N4O2. The summed E-state index contributed by atoms with van der Waals surface area (Å²) in [7, 11) is 0. The van der Waals surface area contributed by atoms with Crippen LogP contribution < -0.4 is 0 Å². The Labute approximate surface area is 172 Å². The Bertz CT molecular complexity index is 832. The molecule has 1 unspecified atom stereocenters. The third-order valence-corrected chi connectivity index (χ3v) is 5.97. The summed E-state index contributed by atoms with van der Waals surface area (Å²) in [5, 5.41) is 0. The molecule has 2 aromatic rings. The topological polar surface area (TPSA) is 66.4 Å². The Kier molecular flexibility index (Phi) is 6.17. The van der Waals surface area contributed by atoms with Gasteiger partial charge in [0.05, 0.1) is 12.6 Å². The molecular weight excluding hydrogens is 364 g/mol. The Morgan fingerprint density at radius 2 is 1.69 bits per heavy atom. The molecule has 3 heterocycles. The molecule has 6 heteroatoms. The van der Waals surface area contributed by atoms with Gasteiger partial charge in [0.2, 0.25) is 5.91 Å². The maximum atomic E-state index is 12.5. The van der Waals surface area contributed by atoms with Crippen LogP contribution in [0.1, 0.15) is 47.3 Å². The average molecular weight is 393 g/mol. The van der Waals surface area contributed by atoms with Gasteiger partial charge in [0.1, 0.15) is 5.69 Å². The summed E-state index contributed by atoms with van der Waals surface area (Å²) in [5.74, 6) is 0.662. The molecule has 1 aromatic heterocycles. The Balaban J connectivity index is 1.28. The van der Waals surface area contributed by atoms with Crippen LogP contribution >= 0.6 is 0 Å². The van der Waals surface area contributed by atoms with E-state index in [9.17, 15) is 9.59 Å². The minimum absolute atomic E-state index is 0.0350. The number of carbonyl (C=O) groups is 2. The summed E-state index contributed by atoms with van der Waals surface area (Å²) in [6.45, 7) is 3.33. The fraction of sp³-hybridized carbons (Fsp3) is 0.478. The quantitative estimate of drug-likeness (QED) is 0.785. The molecule has 0 bridgehead atoms. The number of likely N-dealkylation sites (tertiary alicyclic amines) is 2. The van der Waals surface area contributed by atoms with E-state index in [2.05, 4.69) is 34.2 Å². The second-order valence-corrected chi connectivity index (χ2v) is 8.14. The van der Waals surface area contributed by atoms with Crippen molar-refractivity contribution < 1.29 is 9.59 Å². The number of rotatable bonds is 5. The van der Waals surface area contributed by atoms with Crippen LogP contribution in [0.4, 0.5) is 0 Å². The molecule has 0 aliphatic carbocycles. The molecule has 2 aliphatic heterocycles. The zero-order chi connectivity index (χ0) is 20.1. The maximum absolute atomic E-state index is 12.5. The molecule has 6 nitrogen and oxygen atoms in total. The first kappa shape index (κ1) is 19.6. The van der Waals surface area contributed by atoms with Gasteiger partial charge in [0.15, 0.2) is 0 Å². The van der Waals surface area contributed by atoms with Gasteiger partial charge in [-0.2, -0.15) is 0 Å². The molecule has 29 heavy (non-hydrogen) atoms. The third kappa shape index (κ3) is 5.00. The van der Waals surface area contributed by atoms with Crippen molar-refractivity contribution in [1.82, 2.24) is 19.8 Å². The highest BCUT2D eigenvalue weighted by Crippen LogP contribution is 2.22. The van der Waals surface area contributed by atoms with Gasteiger partial charge in [-0.05, 0) is 49.1 Å². The fourth-order valence-corrected chi connectivity index (χ4v) is 4.31. The second kappa shape index (κ2) is 9.16. The van der Waals surface area contributed by atoms with E-state index < -0.39 is 0 Å². The van der Waals surface area contributed by atoms with Crippen LogP contribution in [0.5, 0.6) is 0 Å². The third-order valence-electron chi connectivity index (χ3n) is 5.97. The van der Waals surface area contributed by atoms with Crippen molar-refractivity contribution in [3.05, 3.63) is 59.7 Å².